The lowest BCUT2D eigenvalue weighted by Gasteiger charge is -2.16. The van der Waals surface area contributed by atoms with Gasteiger partial charge in [-0.1, -0.05) is 48.5 Å². The summed E-state index contributed by atoms with van der Waals surface area (Å²) in [5.74, 6) is -0.208. The maximum absolute atomic E-state index is 13.4. The summed E-state index contributed by atoms with van der Waals surface area (Å²) in [5.41, 5.74) is 9.54. The highest BCUT2D eigenvalue weighted by atomic mass is 19.1. The molecule has 2 heteroatoms. The van der Waals surface area contributed by atoms with Gasteiger partial charge in [0.15, 0.2) is 0 Å². The fraction of sp³-hybridized carbons (Fsp3) is 0.158. The van der Waals surface area contributed by atoms with E-state index in [0.29, 0.717) is 6.42 Å². The van der Waals surface area contributed by atoms with Crippen LogP contribution in [-0.2, 0) is 6.42 Å². The first-order valence-corrected chi connectivity index (χ1v) is 7.13. The second-order valence-corrected chi connectivity index (χ2v) is 5.45. The Kier molecular flexibility index (Phi) is 3.72. The molecule has 1 unspecified atom stereocenters. The summed E-state index contributed by atoms with van der Waals surface area (Å²) >= 11 is 0. The van der Waals surface area contributed by atoms with Gasteiger partial charge >= 0.3 is 0 Å². The maximum atomic E-state index is 13.4. The number of halogens is 1. The third-order valence-electron chi connectivity index (χ3n) is 3.97. The average molecular weight is 279 g/mol. The topological polar surface area (TPSA) is 26.0 Å². The SMILES string of the molecule is Cc1ccc(F)cc1CC(N)c1cccc2ccccc12. The normalized spacial score (nSPS) is 12.5. The van der Waals surface area contributed by atoms with E-state index in [1.807, 2.05) is 25.1 Å². The van der Waals surface area contributed by atoms with Gasteiger partial charge in [0.25, 0.3) is 0 Å². The number of rotatable bonds is 3. The Bertz CT molecular complexity index is 774. The monoisotopic (exact) mass is 279 g/mol. The third-order valence-corrected chi connectivity index (χ3v) is 3.97. The summed E-state index contributed by atoms with van der Waals surface area (Å²) < 4.78 is 13.4. The van der Waals surface area contributed by atoms with Gasteiger partial charge in [0, 0.05) is 6.04 Å². The van der Waals surface area contributed by atoms with Crippen molar-refractivity contribution in [1.29, 1.82) is 0 Å². The van der Waals surface area contributed by atoms with E-state index in [2.05, 4.69) is 24.3 Å². The minimum atomic E-state index is -0.208. The van der Waals surface area contributed by atoms with Crippen LogP contribution in [0.25, 0.3) is 10.8 Å². The molecule has 0 aliphatic carbocycles. The molecule has 21 heavy (non-hydrogen) atoms. The molecular weight excluding hydrogens is 261 g/mol. The van der Waals surface area contributed by atoms with Crippen LogP contribution in [-0.4, -0.2) is 0 Å². The highest BCUT2D eigenvalue weighted by Crippen LogP contribution is 2.26. The molecule has 0 saturated carbocycles. The second-order valence-electron chi connectivity index (χ2n) is 5.45. The zero-order valence-electron chi connectivity index (χ0n) is 12.0. The van der Waals surface area contributed by atoms with Crippen molar-refractivity contribution in [3.63, 3.8) is 0 Å². The average Bonchev–Trinajstić information content (AvgIpc) is 2.50. The number of hydrogen-bond acceptors (Lipinski definition) is 1. The Morgan fingerprint density at radius 3 is 2.62 bits per heavy atom. The van der Waals surface area contributed by atoms with Crippen LogP contribution in [0.4, 0.5) is 4.39 Å². The maximum Gasteiger partial charge on any atom is 0.123 e. The van der Waals surface area contributed by atoms with Crippen molar-refractivity contribution in [2.75, 3.05) is 0 Å². The van der Waals surface area contributed by atoms with Crippen molar-refractivity contribution in [2.45, 2.75) is 19.4 Å². The molecule has 1 nitrogen and oxygen atoms in total. The van der Waals surface area contributed by atoms with Gasteiger partial charge in [-0.3, -0.25) is 0 Å². The van der Waals surface area contributed by atoms with Gasteiger partial charge in [0.2, 0.25) is 0 Å². The van der Waals surface area contributed by atoms with Crippen molar-refractivity contribution < 1.29 is 4.39 Å². The quantitative estimate of drug-likeness (QED) is 0.749. The molecular formula is C19H18FN. The number of benzene rings is 3. The third kappa shape index (κ3) is 2.81. The minimum Gasteiger partial charge on any atom is -0.324 e. The zero-order valence-corrected chi connectivity index (χ0v) is 12.0. The predicted molar refractivity (Wildman–Crippen MR) is 85.7 cm³/mol. The van der Waals surface area contributed by atoms with Crippen LogP contribution >= 0.6 is 0 Å². The lowest BCUT2D eigenvalue weighted by molar-refractivity contribution is 0.621. The summed E-state index contributed by atoms with van der Waals surface area (Å²) in [5, 5.41) is 2.35. The first-order chi connectivity index (χ1) is 10.1. The van der Waals surface area contributed by atoms with Crippen LogP contribution in [0.1, 0.15) is 22.7 Å². The van der Waals surface area contributed by atoms with Crippen LogP contribution in [0, 0.1) is 12.7 Å². The highest BCUT2D eigenvalue weighted by Gasteiger charge is 2.12. The first kappa shape index (κ1) is 13.8. The van der Waals surface area contributed by atoms with Gasteiger partial charge in [-0.15, -0.1) is 0 Å². The van der Waals surface area contributed by atoms with Gasteiger partial charge < -0.3 is 5.73 Å². The molecule has 0 aliphatic heterocycles. The lowest BCUT2D eigenvalue weighted by atomic mass is 9.93. The molecule has 0 bridgehead atoms. The molecule has 0 amide bonds. The Morgan fingerprint density at radius 1 is 1.00 bits per heavy atom. The van der Waals surface area contributed by atoms with Crippen molar-refractivity contribution >= 4 is 10.8 Å². The van der Waals surface area contributed by atoms with E-state index >= 15 is 0 Å². The standard InChI is InChI=1S/C19H18FN/c1-13-9-10-16(20)11-15(13)12-19(21)18-8-4-6-14-5-2-3-7-17(14)18/h2-11,19H,12,21H2,1H3. The zero-order chi connectivity index (χ0) is 14.8. The number of fused-ring (bicyclic) bond motifs is 1. The Labute approximate surface area is 124 Å². The van der Waals surface area contributed by atoms with Crippen LogP contribution < -0.4 is 5.73 Å². The number of aryl methyl sites for hydroxylation is 1. The van der Waals surface area contributed by atoms with Crippen molar-refractivity contribution in [3.05, 3.63) is 83.2 Å². The smallest absolute Gasteiger partial charge is 0.123 e. The molecule has 3 aromatic carbocycles. The van der Waals surface area contributed by atoms with E-state index in [0.717, 1.165) is 16.7 Å². The van der Waals surface area contributed by atoms with Crippen molar-refractivity contribution in [2.24, 2.45) is 5.73 Å². The van der Waals surface area contributed by atoms with Gasteiger partial charge in [-0.25, -0.2) is 4.39 Å². The van der Waals surface area contributed by atoms with Gasteiger partial charge in [0.05, 0.1) is 0 Å². The van der Waals surface area contributed by atoms with Crippen LogP contribution in [0.2, 0.25) is 0 Å². The highest BCUT2D eigenvalue weighted by molar-refractivity contribution is 5.86. The predicted octanol–water partition coefficient (Wildman–Crippen LogP) is 4.53. The summed E-state index contributed by atoms with van der Waals surface area (Å²) in [6.45, 7) is 1.99. The Morgan fingerprint density at radius 2 is 1.76 bits per heavy atom. The molecule has 0 aliphatic rings. The Hall–Kier alpha value is -2.19. The van der Waals surface area contributed by atoms with E-state index in [9.17, 15) is 4.39 Å². The fourth-order valence-electron chi connectivity index (χ4n) is 2.78. The van der Waals surface area contributed by atoms with Gasteiger partial charge in [-0.05, 0) is 52.9 Å². The molecule has 0 spiro atoms. The van der Waals surface area contributed by atoms with Crippen molar-refractivity contribution in [1.82, 2.24) is 0 Å². The molecule has 3 aromatic rings. The first-order valence-electron chi connectivity index (χ1n) is 7.13. The fourth-order valence-corrected chi connectivity index (χ4v) is 2.78. The van der Waals surface area contributed by atoms with E-state index in [4.69, 9.17) is 5.73 Å². The van der Waals surface area contributed by atoms with E-state index in [-0.39, 0.29) is 11.9 Å². The largest absolute Gasteiger partial charge is 0.324 e. The summed E-state index contributed by atoms with van der Waals surface area (Å²) in [6, 6.07) is 19.1. The molecule has 0 aromatic heterocycles. The van der Waals surface area contributed by atoms with E-state index in [1.165, 1.54) is 16.8 Å². The summed E-state index contributed by atoms with van der Waals surface area (Å²) in [4.78, 5) is 0. The molecule has 106 valence electrons. The van der Waals surface area contributed by atoms with Gasteiger partial charge in [0.1, 0.15) is 5.82 Å². The van der Waals surface area contributed by atoms with E-state index < -0.39 is 0 Å². The van der Waals surface area contributed by atoms with Crippen LogP contribution in [0.5, 0.6) is 0 Å². The molecule has 2 N–H and O–H groups in total. The second kappa shape index (κ2) is 5.66. The number of hydrogen-bond donors (Lipinski definition) is 1. The molecule has 0 heterocycles. The lowest BCUT2D eigenvalue weighted by Crippen LogP contribution is -2.14. The van der Waals surface area contributed by atoms with E-state index in [1.54, 1.807) is 12.1 Å². The minimum absolute atomic E-state index is 0.142. The Balaban J connectivity index is 1.97. The van der Waals surface area contributed by atoms with Crippen LogP contribution in [0.3, 0.4) is 0 Å². The molecule has 0 saturated heterocycles. The molecule has 0 radical (unpaired) electrons. The molecule has 3 rings (SSSR count). The summed E-state index contributed by atoms with van der Waals surface area (Å²) in [7, 11) is 0. The van der Waals surface area contributed by atoms with Crippen molar-refractivity contribution in [3.8, 4) is 0 Å². The number of nitrogens with two attached hydrogens (primary N) is 1. The molecule has 1 atom stereocenters. The molecule has 0 fully saturated rings. The van der Waals surface area contributed by atoms with Crippen LogP contribution in [0.15, 0.2) is 60.7 Å². The summed E-state index contributed by atoms with van der Waals surface area (Å²) in [6.07, 6.45) is 0.637. The van der Waals surface area contributed by atoms with Gasteiger partial charge in [-0.2, -0.15) is 0 Å².